The van der Waals surface area contributed by atoms with Crippen LogP contribution >= 0.6 is 0 Å². The van der Waals surface area contributed by atoms with Gasteiger partial charge in [-0.1, -0.05) is 26.0 Å². The zero-order valence-corrected chi connectivity index (χ0v) is 13.7. The van der Waals surface area contributed by atoms with Gasteiger partial charge in [0.2, 0.25) is 0 Å². The van der Waals surface area contributed by atoms with Crippen LogP contribution in [0, 0.1) is 11.3 Å². The lowest BCUT2D eigenvalue weighted by Crippen LogP contribution is -2.20. The Hall–Kier alpha value is -3.14. The highest BCUT2D eigenvalue weighted by atomic mass is 16.5. The van der Waals surface area contributed by atoms with Gasteiger partial charge < -0.3 is 4.74 Å². The molecule has 0 bridgehead atoms. The molecule has 0 atom stereocenters. The molecule has 1 aromatic carbocycles. The van der Waals surface area contributed by atoms with E-state index in [1.54, 1.807) is 12.1 Å². The SMILES string of the molecule is CCOc1nc2c(-c3ccc(C#N)cc3)c(C(C)C)nn2c(=O)[nH]1. The summed E-state index contributed by atoms with van der Waals surface area (Å²) in [6.45, 7) is 6.23. The van der Waals surface area contributed by atoms with Crippen molar-refractivity contribution >= 4 is 5.65 Å². The fourth-order valence-corrected chi connectivity index (χ4v) is 2.54. The van der Waals surface area contributed by atoms with E-state index in [0.717, 1.165) is 16.8 Å². The van der Waals surface area contributed by atoms with Crippen molar-refractivity contribution in [3.8, 4) is 23.2 Å². The van der Waals surface area contributed by atoms with E-state index in [0.29, 0.717) is 17.8 Å². The molecule has 0 spiro atoms. The summed E-state index contributed by atoms with van der Waals surface area (Å²) in [4.78, 5) is 19.3. The number of H-pyrrole nitrogens is 1. The van der Waals surface area contributed by atoms with Crippen LogP contribution in [0.4, 0.5) is 0 Å². The third kappa shape index (κ3) is 2.63. The minimum absolute atomic E-state index is 0.104. The van der Waals surface area contributed by atoms with E-state index >= 15 is 0 Å². The Balaban J connectivity index is 2.32. The van der Waals surface area contributed by atoms with Gasteiger partial charge in [-0.25, -0.2) is 4.79 Å². The highest BCUT2D eigenvalue weighted by molar-refractivity contribution is 5.80. The van der Waals surface area contributed by atoms with Crippen molar-refractivity contribution in [2.45, 2.75) is 26.7 Å². The number of aromatic amines is 1. The van der Waals surface area contributed by atoms with E-state index in [4.69, 9.17) is 10.00 Å². The number of nitrogens with one attached hydrogen (secondary N) is 1. The van der Waals surface area contributed by atoms with Gasteiger partial charge in [0.05, 0.1) is 29.5 Å². The summed E-state index contributed by atoms with van der Waals surface area (Å²) in [7, 11) is 0. The van der Waals surface area contributed by atoms with Gasteiger partial charge in [-0.3, -0.25) is 4.98 Å². The molecule has 3 rings (SSSR count). The molecule has 0 amide bonds. The van der Waals surface area contributed by atoms with Crippen LogP contribution in [0.15, 0.2) is 29.1 Å². The standard InChI is InChI=1S/C17H17N5O2/c1-4-24-16-19-15-13(12-7-5-11(9-18)6-8-12)14(10(2)3)21-22(15)17(23)20-16/h5-8,10H,4H2,1-3H3,(H,19,20,23). The van der Waals surface area contributed by atoms with Crippen molar-refractivity contribution < 1.29 is 4.74 Å². The number of nitrogens with zero attached hydrogens (tertiary/aromatic N) is 4. The number of rotatable bonds is 4. The average Bonchev–Trinajstić information content (AvgIpc) is 2.95. The number of nitriles is 1. The van der Waals surface area contributed by atoms with Gasteiger partial charge in [-0.15, -0.1) is 0 Å². The van der Waals surface area contributed by atoms with Crippen molar-refractivity contribution in [2.75, 3.05) is 6.61 Å². The van der Waals surface area contributed by atoms with Crippen molar-refractivity contribution in [1.82, 2.24) is 19.6 Å². The fraction of sp³-hybridized carbons (Fsp3) is 0.294. The molecule has 0 aliphatic carbocycles. The first kappa shape index (κ1) is 15.7. The van der Waals surface area contributed by atoms with E-state index in [2.05, 4.69) is 21.1 Å². The molecule has 0 aliphatic heterocycles. The van der Waals surface area contributed by atoms with E-state index < -0.39 is 5.69 Å². The van der Waals surface area contributed by atoms with Crippen LogP contribution in [-0.4, -0.2) is 26.2 Å². The smallest absolute Gasteiger partial charge is 0.352 e. The topological polar surface area (TPSA) is 96.1 Å². The molecule has 0 fully saturated rings. The molecule has 122 valence electrons. The van der Waals surface area contributed by atoms with Crippen LogP contribution < -0.4 is 10.4 Å². The van der Waals surface area contributed by atoms with Gasteiger partial charge in [-0.05, 0) is 30.5 Å². The third-order valence-corrected chi connectivity index (χ3v) is 3.63. The molecule has 7 nitrogen and oxygen atoms in total. The predicted octanol–water partition coefficient (Wildman–Crippen LogP) is 2.48. The van der Waals surface area contributed by atoms with Crippen LogP contribution in [0.3, 0.4) is 0 Å². The maximum Gasteiger partial charge on any atom is 0.352 e. The highest BCUT2D eigenvalue weighted by Crippen LogP contribution is 2.31. The first-order valence-electron chi connectivity index (χ1n) is 7.71. The second-order valence-electron chi connectivity index (χ2n) is 5.62. The Morgan fingerprint density at radius 3 is 2.62 bits per heavy atom. The molecule has 1 N–H and O–H groups in total. The van der Waals surface area contributed by atoms with Crippen molar-refractivity contribution in [3.05, 3.63) is 46.0 Å². The molecule has 0 saturated carbocycles. The Labute approximate surface area is 138 Å². The van der Waals surface area contributed by atoms with Gasteiger partial charge in [0.15, 0.2) is 5.65 Å². The van der Waals surface area contributed by atoms with Crippen molar-refractivity contribution in [1.29, 1.82) is 5.26 Å². The minimum atomic E-state index is -0.398. The average molecular weight is 323 g/mol. The summed E-state index contributed by atoms with van der Waals surface area (Å²) in [6, 6.07) is 9.41. The number of ether oxygens (including phenoxy) is 1. The van der Waals surface area contributed by atoms with E-state index in [1.165, 1.54) is 4.52 Å². The second kappa shape index (κ2) is 6.16. The lowest BCUT2D eigenvalue weighted by atomic mass is 9.99. The molecule has 24 heavy (non-hydrogen) atoms. The summed E-state index contributed by atoms with van der Waals surface area (Å²) < 4.78 is 6.60. The minimum Gasteiger partial charge on any atom is -0.465 e. The highest BCUT2D eigenvalue weighted by Gasteiger charge is 2.20. The maximum absolute atomic E-state index is 12.3. The molecule has 2 aromatic heterocycles. The number of aromatic nitrogens is 4. The molecule has 0 aliphatic rings. The third-order valence-electron chi connectivity index (χ3n) is 3.63. The quantitative estimate of drug-likeness (QED) is 0.795. The molecular weight excluding hydrogens is 306 g/mol. The molecule has 0 saturated heterocycles. The molecule has 0 unspecified atom stereocenters. The van der Waals surface area contributed by atoms with E-state index in [9.17, 15) is 4.79 Å². The van der Waals surface area contributed by atoms with E-state index in [1.807, 2.05) is 32.9 Å². The van der Waals surface area contributed by atoms with Crippen LogP contribution in [0.5, 0.6) is 6.01 Å². The van der Waals surface area contributed by atoms with E-state index in [-0.39, 0.29) is 11.9 Å². The molecular formula is C17H17N5O2. The van der Waals surface area contributed by atoms with Crippen molar-refractivity contribution in [3.63, 3.8) is 0 Å². The summed E-state index contributed by atoms with van der Waals surface area (Å²) in [5.41, 5.74) is 3.02. The van der Waals surface area contributed by atoms with Crippen LogP contribution in [-0.2, 0) is 0 Å². The predicted molar refractivity (Wildman–Crippen MR) is 89.0 cm³/mol. The number of benzene rings is 1. The maximum atomic E-state index is 12.3. The van der Waals surface area contributed by atoms with Gasteiger partial charge in [-0.2, -0.15) is 19.9 Å². The molecule has 3 aromatic rings. The van der Waals surface area contributed by atoms with Crippen LogP contribution in [0.2, 0.25) is 0 Å². The first-order valence-corrected chi connectivity index (χ1v) is 7.71. The Morgan fingerprint density at radius 1 is 1.33 bits per heavy atom. The van der Waals surface area contributed by atoms with Gasteiger partial charge in [0, 0.05) is 0 Å². The Kier molecular flexibility index (Phi) is 4.04. The van der Waals surface area contributed by atoms with Gasteiger partial charge in [0.1, 0.15) is 0 Å². The first-order chi connectivity index (χ1) is 11.5. The molecule has 2 heterocycles. The fourth-order valence-electron chi connectivity index (χ4n) is 2.54. The second-order valence-corrected chi connectivity index (χ2v) is 5.62. The lowest BCUT2D eigenvalue weighted by molar-refractivity contribution is 0.310. The van der Waals surface area contributed by atoms with Crippen LogP contribution in [0.1, 0.15) is 37.9 Å². The normalized spacial score (nSPS) is 11.0. The van der Waals surface area contributed by atoms with Gasteiger partial charge in [0.25, 0.3) is 6.01 Å². The van der Waals surface area contributed by atoms with Crippen LogP contribution in [0.25, 0.3) is 16.8 Å². The van der Waals surface area contributed by atoms with Crippen molar-refractivity contribution in [2.24, 2.45) is 0 Å². The zero-order valence-electron chi connectivity index (χ0n) is 13.7. The molecule has 7 heteroatoms. The number of hydrogen-bond donors (Lipinski definition) is 1. The summed E-state index contributed by atoms with van der Waals surface area (Å²) >= 11 is 0. The lowest BCUT2D eigenvalue weighted by Gasteiger charge is -2.06. The summed E-state index contributed by atoms with van der Waals surface area (Å²) in [5.74, 6) is 0.104. The van der Waals surface area contributed by atoms with Gasteiger partial charge >= 0.3 is 5.69 Å². The summed E-state index contributed by atoms with van der Waals surface area (Å²) in [6.07, 6.45) is 0. The molecule has 0 radical (unpaired) electrons. The number of fused-ring (bicyclic) bond motifs is 1. The Bertz CT molecular complexity index is 977. The Morgan fingerprint density at radius 2 is 2.04 bits per heavy atom. The number of hydrogen-bond acceptors (Lipinski definition) is 5. The largest absolute Gasteiger partial charge is 0.465 e. The monoisotopic (exact) mass is 323 g/mol. The zero-order chi connectivity index (χ0) is 17.3. The summed E-state index contributed by atoms with van der Waals surface area (Å²) in [5, 5.41) is 13.4.